The molecule has 0 aromatic heterocycles. The maximum Gasteiger partial charge on any atom is 0.294 e. The highest BCUT2D eigenvalue weighted by Crippen LogP contribution is 2.34. The quantitative estimate of drug-likeness (QED) is 0.551. The molecule has 2 aliphatic rings. The number of anilines is 1. The van der Waals surface area contributed by atoms with E-state index in [0.29, 0.717) is 35.4 Å². The Bertz CT molecular complexity index is 714. The Kier molecular flexibility index (Phi) is 6.33. The predicted octanol–water partition coefficient (Wildman–Crippen LogP) is 2.77. The van der Waals surface area contributed by atoms with Gasteiger partial charge in [0.05, 0.1) is 22.7 Å². The fraction of sp³-hybridized carbons (Fsp3) is 0.611. The molecule has 2 aliphatic heterocycles. The second kappa shape index (κ2) is 8.53. The van der Waals surface area contributed by atoms with Crippen LogP contribution in [-0.2, 0) is 4.74 Å². The molecule has 2 N–H and O–H groups in total. The number of morpholine rings is 1. The molecule has 2 heterocycles. The van der Waals surface area contributed by atoms with E-state index in [0.717, 1.165) is 19.4 Å². The normalized spacial score (nSPS) is 25.9. The lowest BCUT2D eigenvalue weighted by molar-refractivity contribution is -0.384. The Labute approximate surface area is 166 Å². The average Bonchev–Trinajstić information content (AvgIpc) is 2.62. The van der Waals surface area contributed by atoms with Gasteiger partial charge in [-0.3, -0.25) is 14.9 Å². The monoisotopic (exact) mass is 440 g/mol. The molecule has 0 aliphatic carbocycles. The summed E-state index contributed by atoms with van der Waals surface area (Å²) in [5, 5.41) is 18.2. The zero-order chi connectivity index (χ0) is 19.6. The summed E-state index contributed by atoms with van der Waals surface area (Å²) in [5.74, 6) is -0.215. The Balaban J connectivity index is 1.96. The van der Waals surface area contributed by atoms with Crippen LogP contribution in [0, 0.1) is 10.1 Å². The number of benzene rings is 1. The number of piperidine rings is 1. The number of carbonyl (C=O) groups is 1. The summed E-state index contributed by atoms with van der Waals surface area (Å²) in [6.07, 6.45) is 1.75. The van der Waals surface area contributed by atoms with E-state index >= 15 is 0 Å². The molecule has 2 fully saturated rings. The highest BCUT2D eigenvalue weighted by atomic mass is 79.9. The number of carbonyl (C=O) groups excluding carboxylic acids is 1. The van der Waals surface area contributed by atoms with Crippen molar-refractivity contribution in [2.45, 2.75) is 44.9 Å². The highest BCUT2D eigenvalue weighted by Gasteiger charge is 2.32. The Hall–Kier alpha value is -1.71. The first-order valence-corrected chi connectivity index (χ1v) is 10.0. The molecule has 0 spiro atoms. The third-order valence-corrected chi connectivity index (χ3v) is 5.32. The molecule has 1 aromatic carbocycles. The van der Waals surface area contributed by atoms with E-state index in [2.05, 4.69) is 26.6 Å². The maximum absolute atomic E-state index is 13.3. The second-order valence-corrected chi connectivity index (χ2v) is 8.18. The number of nitro groups is 1. The van der Waals surface area contributed by atoms with Gasteiger partial charge in [-0.15, -0.1) is 0 Å². The number of amides is 1. The van der Waals surface area contributed by atoms with Gasteiger partial charge in [0.2, 0.25) is 0 Å². The summed E-state index contributed by atoms with van der Waals surface area (Å²) in [7, 11) is 0. The molecule has 148 valence electrons. The van der Waals surface area contributed by atoms with Crippen LogP contribution in [-0.4, -0.2) is 60.2 Å². The third-order valence-electron chi connectivity index (χ3n) is 4.86. The van der Waals surface area contributed by atoms with Crippen LogP contribution in [0.3, 0.4) is 0 Å². The molecule has 0 radical (unpaired) electrons. The van der Waals surface area contributed by atoms with E-state index < -0.39 is 4.92 Å². The zero-order valence-electron chi connectivity index (χ0n) is 15.5. The number of nitrogens with zero attached hydrogens (tertiary/aromatic N) is 2. The summed E-state index contributed by atoms with van der Waals surface area (Å²) < 4.78 is 6.22. The van der Waals surface area contributed by atoms with Crippen LogP contribution in [0.5, 0.6) is 0 Å². The molecule has 1 amide bonds. The van der Waals surface area contributed by atoms with Gasteiger partial charge >= 0.3 is 0 Å². The van der Waals surface area contributed by atoms with Gasteiger partial charge < -0.3 is 20.3 Å². The van der Waals surface area contributed by atoms with E-state index in [1.165, 1.54) is 6.07 Å². The van der Waals surface area contributed by atoms with Gasteiger partial charge in [0.15, 0.2) is 0 Å². The summed E-state index contributed by atoms with van der Waals surface area (Å²) in [6, 6.07) is 3.16. The van der Waals surface area contributed by atoms with Gasteiger partial charge in [0.25, 0.3) is 11.6 Å². The Morgan fingerprint density at radius 1 is 1.37 bits per heavy atom. The number of hydrogen-bond acceptors (Lipinski definition) is 6. The average molecular weight is 441 g/mol. The molecule has 27 heavy (non-hydrogen) atoms. The number of hydrogen-bond donors (Lipinski definition) is 2. The fourth-order valence-electron chi connectivity index (χ4n) is 3.75. The maximum atomic E-state index is 13.3. The van der Waals surface area contributed by atoms with E-state index in [1.807, 2.05) is 13.8 Å². The molecule has 1 aromatic rings. The molecule has 8 nitrogen and oxygen atoms in total. The fourth-order valence-corrected chi connectivity index (χ4v) is 4.20. The van der Waals surface area contributed by atoms with Gasteiger partial charge in [-0.25, -0.2) is 0 Å². The van der Waals surface area contributed by atoms with E-state index in [1.54, 1.807) is 11.0 Å². The molecule has 3 atom stereocenters. The molecule has 3 rings (SSSR count). The van der Waals surface area contributed by atoms with Gasteiger partial charge in [0, 0.05) is 36.2 Å². The van der Waals surface area contributed by atoms with Crippen LogP contribution in [0.4, 0.5) is 11.4 Å². The first-order chi connectivity index (χ1) is 12.8. The van der Waals surface area contributed by atoms with Crippen molar-refractivity contribution in [1.29, 1.82) is 0 Å². The zero-order valence-corrected chi connectivity index (χ0v) is 17.1. The number of ether oxygens (including phenoxy) is 1. The van der Waals surface area contributed by atoms with Crippen LogP contribution in [0.25, 0.3) is 0 Å². The van der Waals surface area contributed by atoms with Crippen LogP contribution in [0.2, 0.25) is 0 Å². The molecular weight excluding hydrogens is 416 g/mol. The Morgan fingerprint density at radius 3 is 2.67 bits per heavy atom. The molecule has 0 unspecified atom stereocenters. The van der Waals surface area contributed by atoms with Crippen molar-refractivity contribution in [2.24, 2.45) is 0 Å². The lowest BCUT2D eigenvalue weighted by atomic mass is 10.0. The van der Waals surface area contributed by atoms with Crippen molar-refractivity contribution >= 4 is 33.2 Å². The van der Waals surface area contributed by atoms with Crippen molar-refractivity contribution in [1.82, 2.24) is 10.2 Å². The van der Waals surface area contributed by atoms with Crippen molar-refractivity contribution in [3.05, 3.63) is 32.3 Å². The smallest absolute Gasteiger partial charge is 0.294 e. The number of rotatable bonds is 4. The second-order valence-electron chi connectivity index (χ2n) is 7.26. The third kappa shape index (κ3) is 4.77. The molecule has 9 heteroatoms. The summed E-state index contributed by atoms with van der Waals surface area (Å²) in [4.78, 5) is 26.2. The highest BCUT2D eigenvalue weighted by molar-refractivity contribution is 9.10. The number of halogens is 1. The van der Waals surface area contributed by atoms with Crippen LogP contribution in [0.1, 0.15) is 37.0 Å². The SMILES string of the molecule is C[C@@H]1CN(C(=O)c2cc(Br)cc([N+](=O)[O-])c2N[C@@H]2CCCNC2)C[C@H](C)O1. The molecule has 2 saturated heterocycles. The first kappa shape index (κ1) is 20.0. The van der Waals surface area contributed by atoms with Crippen molar-refractivity contribution in [3.63, 3.8) is 0 Å². The largest absolute Gasteiger partial charge is 0.375 e. The Morgan fingerprint density at radius 2 is 2.07 bits per heavy atom. The minimum Gasteiger partial charge on any atom is -0.375 e. The number of nitrogens with one attached hydrogen (secondary N) is 2. The van der Waals surface area contributed by atoms with Crippen LogP contribution < -0.4 is 10.6 Å². The van der Waals surface area contributed by atoms with E-state index in [-0.39, 0.29) is 29.8 Å². The molecular formula is C18H25BrN4O4. The summed E-state index contributed by atoms with van der Waals surface area (Å²) in [6.45, 7) is 6.43. The van der Waals surface area contributed by atoms with Gasteiger partial charge in [-0.2, -0.15) is 0 Å². The first-order valence-electron chi connectivity index (χ1n) is 9.25. The lowest BCUT2D eigenvalue weighted by Crippen LogP contribution is -2.48. The van der Waals surface area contributed by atoms with Gasteiger partial charge in [-0.1, -0.05) is 15.9 Å². The number of nitro benzene ring substituents is 1. The van der Waals surface area contributed by atoms with Crippen LogP contribution >= 0.6 is 15.9 Å². The van der Waals surface area contributed by atoms with Crippen LogP contribution in [0.15, 0.2) is 16.6 Å². The minimum absolute atomic E-state index is 0.0488. The summed E-state index contributed by atoms with van der Waals surface area (Å²) in [5.41, 5.74) is 0.532. The van der Waals surface area contributed by atoms with Crippen molar-refractivity contribution in [2.75, 3.05) is 31.5 Å². The minimum atomic E-state index is -0.440. The summed E-state index contributed by atoms with van der Waals surface area (Å²) >= 11 is 3.32. The van der Waals surface area contributed by atoms with Gasteiger partial charge in [0.1, 0.15) is 5.69 Å². The van der Waals surface area contributed by atoms with E-state index in [9.17, 15) is 14.9 Å². The molecule has 0 bridgehead atoms. The predicted molar refractivity (Wildman–Crippen MR) is 106 cm³/mol. The molecule has 0 saturated carbocycles. The lowest BCUT2D eigenvalue weighted by Gasteiger charge is -2.36. The van der Waals surface area contributed by atoms with Gasteiger partial charge in [-0.05, 0) is 39.3 Å². The van der Waals surface area contributed by atoms with Crippen molar-refractivity contribution in [3.8, 4) is 0 Å². The topological polar surface area (TPSA) is 96.7 Å². The van der Waals surface area contributed by atoms with E-state index in [4.69, 9.17) is 4.74 Å². The standard InChI is InChI=1S/C18H25BrN4O4/c1-11-9-22(10-12(2)27-11)18(24)15-6-13(19)7-16(23(25)26)17(15)21-14-4-3-5-20-8-14/h6-7,11-12,14,20-21H,3-5,8-10H2,1-2H3/t11-,12+,14-/m1/s1. The van der Waals surface area contributed by atoms with Crippen molar-refractivity contribution < 1.29 is 14.5 Å².